The van der Waals surface area contributed by atoms with Gasteiger partial charge in [0, 0.05) is 23.5 Å². The lowest BCUT2D eigenvalue weighted by atomic mass is 9.98. The van der Waals surface area contributed by atoms with Gasteiger partial charge >= 0.3 is 0 Å². The van der Waals surface area contributed by atoms with E-state index in [4.69, 9.17) is 0 Å². The summed E-state index contributed by atoms with van der Waals surface area (Å²) in [6.45, 7) is 2.95. The van der Waals surface area contributed by atoms with Crippen molar-refractivity contribution >= 4 is 29.0 Å². The fourth-order valence-electron chi connectivity index (χ4n) is 4.47. The topological polar surface area (TPSA) is 51.0 Å². The van der Waals surface area contributed by atoms with Crippen LogP contribution in [0.1, 0.15) is 41.2 Å². The zero-order chi connectivity index (χ0) is 22.6. The third-order valence-electron chi connectivity index (χ3n) is 6.05. The number of hydrogen-bond acceptors (Lipinski definition) is 5. The van der Waals surface area contributed by atoms with Crippen LogP contribution in [0.5, 0.6) is 0 Å². The molecule has 0 fully saturated rings. The van der Waals surface area contributed by atoms with E-state index in [0.717, 1.165) is 36.1 Å². The van der Waals surface area contributed by atoms with Gasteiger partial charge in [0.1, 0.15) is 5.82 Å². The molecule has 2 aromatic carbocycles. The van der Waals surface area contributed by atoms with Crippen LogP contribution in [0.25, 0.3) is 5.69 Å². The lowest BCUT2D eigenvalue weighted by Crippen LogP contribution is -2.40. The molecule has 5 nitrogen and oxygen atoms in total. The van der Waals surface area contributed by atoms with Crippen LogP contribution in [0.2, 0.25) is 0 Å². The Bertz CT molecular complexity index is 1220. The monoisotopic (exact) mass is 474 g/mol. The molecule has 0 N–H and O–H groups in total. The van der Waals surface area contributed by atoms with Crippen LogP contribution in [0, 0.1) is 0 Å². The first-order valence-electron chi connectivity index (χ1n) is 11.3. The lowest BCUT2D eigenvalue weighted by Gasteiger charge is -2.35. The molecule has 168 valence electrons. The molecule has 5 rings (SSSR count). The second-order valence-corrected chi connectivity index (χ2v) is 10.0. The quantitative estimate of drug-likeness (QED) is 0.330. The van der Waals surface area contributed by atoms with Crippen LogP contribution in [-0.2, 0) is 17.6 Å². The summed E-state index contributed by atoms with van der Waals surface area (Å²) in [6.07, 6.45) is 2.56. The van der Waals surface area contributed by atoms with Gasteiger partial charge in [-0.05, 0) is 47.5 Å². The average molecular weight is 475 g/mol. The maximum atomic E-state index is 13.3. The molecule has 0 saturated heterocycles. The van der Waals surface area contributed by atoms with Gasteiger partial charge < -0.3 is 4.90 Å². The van der Waals surface area contributed by atoms with E-state index in [1.165, 1.54) is 27.8 Å². The van der Waals surface area contributed by atoms with Crippen molar-refractivity contribution in [1.29, 1.82) is 0 Å². The molecule has 0 radical (unpaired) electrons. The van der Waals surface area contributed by atoms with E-state index in [1.807, 2.05) is 36.4 Å². The zero-order valence-corrected chi connectivity index (χ0v) is 20.2. The Morgan fingerprint density at radius 2 is 1.82 bits per heavy atom. The summed E-state index contributed by atoms with van der Waals surface area (Å²) in [6, 6.07) is 22.8. The molecule has 0 saturated carbocycles. The number of hydrogen-bond donors (Lipinski definition) is 0. The van der Waals surface area contributed by atoms with E-state index in [0.29, 0.717) is 12.2 Å². The van der Waals surface area contributed by atoms with Crippen LogP contribution >= 0.6 is 23.1 Å². The first kappa shape index (κ1) is 21.9. The highest BCUT2D eigenvalue weighted by atomic mass is 32.2. The van der Waals surface area contributed by atoms with Gasteiger partial charge in [0.2, 0.25) is 5.91 Å². The van der Waals surface area contributed by atoms with Crippen LogP contribution < -0.4 is 0 Å². The van der Waals surface area contributed by atoms with Gasteiger partial charge in [-0.2, -0.15) is 0 Å². The normalized spacial score (nSPS) is 15.4. The van der Waals surface area contributed by atoms with E-state index in [2.05, 4.69) is 62.3 Å². The number of thioether (sulfide) groups is 1. The van der Waals surface area contributed by atoms with Gasteiger partial charge in [-0.15, -0.1) is 21.5 Å². The highest BCUT2D eigenvalue weighted by Crippen LogP contribution is 2.36. The van der Waals surface area contributed by atoms with E-state index < -0.39 is 0 Å². The number of nitrogens with zero attached hydrogens (tertiary/aromatic N) is 4. The molecular formula is C26H26N4OS2. The molecule has 2 aromatic heterocycles. The molecule has 7 heteroatoms. The van der Waals surface area contributed by atoms with Crippen molar-refractivity contribution in [1.82, 2.24) is 19.7 Å². The number of benzene rings is 2. The van der Waals surface area contributed by atoms with Gasteiger partial charge in [0.25, 0.3) is 0 Å². The van der Waals surface area contributed by atoms with Crippen molar-refractivity contribution in [2.24, 2.45) is 0 Å². The van der Waals surface area contributed by atoms with Crippen molar-refractivity contribution in [3.05, 3.63) is 93.9 Å². The molecule has 1 aliphatic rings. The summed E-state index contributed by atoms with van der Waals surface area (Å²) in [5, 5.41) is 11.9. The van der Waals surface area contributed by atoms with E-state index in [1.54, 1.807) is 11.3 Å². The van der Waals surface area contributed by atoms with Gasteiger partial charge in [0.15, 0.2) is 5.16 Å². The minimum absolute atomic E-state index is 0.163. The Morgan fingerprint density at radius 1 is 1.06 bits per heavy atom. The zero-order valence-electron chi connectivity index (χ0n) is 18.6. The van der Waals surface area contributed by atoms with Crippen molar-refractivity contribution in [3.8, 4) is 5.69 Å². The number of fused-ring (bicyclic) bond motifs is 1. The molecule has 1 atom stereocenters. The summed E-state index contributed by atoms with van der Waals surface area (Å²) in [4.78, 5) is 16.7. The van der Waals surface area contributed by atoms with Crippen molar-refractivity contribution < 1.29 is 4.79 Å². The highest BCUT2D eigenvalue weighted by molar-refractivity contribution is 7.99. The average Bonchev–Trinajstić information content (AvgIpc) is 3.50. The maximum absolute atomic E-state index is 13.3. The lowest BCUT2D eigenvalue weighted by molar-refractivity contribution is -0.131. The van der Waals surface area contributed by atoms with Crippen LogP contribution in [0.15, 0.2) is 77.3 Å². The first-order chi connectivity index (χ1) is 16.2. The Hall–Kier alpha value is -2.90. The van der Waals surface area contributed by atoms with E-state index >= 15 is 0 Å². The van der Waals surface area contributed by atoms with Gasteiger partial charge in [-0.1, -0.05) is 67.2 Å². The second kappa shape index (κ2) is 9.93. The summed E-state index contributed by atoms with van der Waals surface area (Å²) >= 11 is 3.28. The van der Waals surface area contributed by atoms with E-state index in [9.17, 15) is 4.79 Å². The fourth-order valence-corrected chi connectivity index (χ4v) is 6.25. The number of rotatable bonds is 7. The number of carbonyl (C=O) groups excluding carboxylic acids is 1. The number of carbonyl (C=O) groups is 1. The molecule has 0 bridgehead atoms. The Balaban J connectivity index is 1.37. The molecule has 1 unspecified atom stereocenters. The smallest absolute Gasteiger partial charge is 0.233 e. The molecule has 0 aliphatic carbocycles. The van der Waals surface area contributed by atoms with Gasteiger partial charge in [0.05, 0.1) is 11.8 Å². The summed E-state index contributed by atoms with van der Waals surface area (Å²) in [5.74, 6) is 1.39. The third-order valence-corrected chi connectivity index (χ3v) is 7.96. The van der Waals surface area contributed by atoms with E-state index in [-0.39, 0.29) is 11.9 Å². The molecule has 0 spiro atoms. The number of amides is 1. The molecule has 4 aromatic rings. The molecule has 33 heavy (non-hydrogen) atoms. The summed E-state index contributed by atoms with van der Waals surface area (Å²) < 4.78 is 2.08. The number of aromatic nitrogens is 3. The van der Waals surface area contributed by atoms with Crippen LogP contribution in [0.4, 0.5) is 0 Å². The second-order valence-electron chi connectivity index (χ2n) is 8.08. The predicted octanol–water partition coefficient (Wildman–Crippen LogP) is 5.55. The highest BCUT2D eigenvalue weighted by Gasteiger charge is 2.30. The van der Waals surface area contributed by atoms with Crippen LogP contribution in [0.3, 0.4) is 0 Å². The summed E-state index contributed by atoms with van der Waals surface area (Å²) in [7, 11) is 0. The van der Waals surface area contributed by atoms with Gasteiger partial charge in [-0.25, -0.2) is 0 Å². The molecule has 1 amide bonds. The van der Waals surface area contributed by atoms with Crippen molar-refractivity contribution in [2.45, 2.75) is 37.4 Å². The Morgan fingerprint density at radius 3 is 2.58 bits per heavy atom. The number of para-hydroxylation sites is 1. The van der Waals surface area contributed by atoms with Crippen molar-refractivity contribution in [2.75, 3.05) is 12.3 Å². The first-order valence-corrected chi connectivity index (χ1v) is 13.1. The Labute approximate surface area is 202 Å². The van der Waals surface area contributed by atoms with Crippen LogP contribution in [-0.4, -0.2) is 37.9 Å². The number of thiophene rings is 1. The van der Waals surface area contributed by atoms with Gasteiger partial charge in [-0.3, -0.25) is 9.36 Å². The summed E-state index contributed by atoms with van der Waals surface area (Å²) in [5.41, 5.74) is 3.51. The molecule has 1 aliphatic heterocycles. The SMILES string of the molecule is CCC1c2ccsc2CCN1C(=O)CSc1nnc(Cc2ccccc2)n1-c1ccccc1. The Kier molecular flexibility index (Phi) is 6.60. The predicted molar refractivity (Wildman–Crippen MR) is 134 cm³/mol. The minimum atomic E-state index is 0.163. The molecular weight excluding hydrogens is 448 g/mol. The third kappa shape index (κ3) is 4.61. The minimum Gasteiger partial charge on any atom is -0.335 e. The largest absolute Gasteiger partial charge is 0.335 e. The van der Waals surface area contributed by atoms with Crippen molar-refractivity contribution in [3.63, 3.8) is 0 Å². The standard InChI is InChI=1S/C26H26N4OS2/c1-2-22-21-14-16-32-23(21)13-15-29(22)25(31)18-33-26-28-27-24(17-19-9-5-3-6-10-19)30(26)20-11-7-4-8-12-20/h3-12,14,16,22H,2,13,15,17-18H2,1H3. The maximum Gasteiger partial charge on any atom is 0.233 e. The molecule has 3 heterocycles. The fraction of sp³-hybridized carbons (Fsp3) is 0.269.